The zero-order valence-electron chi connectivity index (χ0n) is 11.2. The lowest BCUT2D eigenvalue weighted by molar-refractivity contribution is 0.308. The quantitative estimate of drug-likeness (QED) is 0.738. The van der Waals surface area contributed by atoms with Gasteiger partial charge in [0, 0.05) is 12.4 Å². The lowest BCUT2D eigenvalue weighted by Crippen LogP contribution is -1.97. The van der Waals surface area contributed by atoms with Crippen molar-refractivity contribution in [3.63, 3.8) is 0 Å². The van der Waals surface area contributed by atoms with Crippen molar-refractivity contribution in [3.05, 3.63) is 65.9 Å². The van der Waals surface area contributed by atoms with Crippen molar-refractivity contribution in [2.24, 2.45) is 0 Å². The molecule has 0 atom stereocenters. The number of rotatable bonds is 4. The molecule has 4 nitrogen and oxygen atoms in total. The number of imidazole rings is 1. The molecule has 0 fully saturated rings. The fourth-order valence-electron chi connectivity index (χ4n) is 2.06. The Morgan fingerprint density at radius 3 is 2.81 bits per heavy atom. The number of pyridine rings is 1. The van der Waals surface area contributed by atoms with Crippen molar-refractivity contribution >= 4 is 5.65 Å². The molecule has 0 aliphatic heterocycles. The molecule has 0 saturated carbocycles. The van der Waals surface area contributed by atoms with Crippen molar-refractivity contribution in [2.75, 3.05) is 0 Å². The Morgan fingerprint density at radius 2 is 2.05 bits per heavy atom. The van der Waals surface area contributed by atoms with Gasteiger partial charge in [-0.1, -0.05) is 12.1 Å². The minimum Gasteiger partial charge on any atom is -0.485 e. The second-order valence-electron chi connectivity index (χ2n) is 4.59. The van der Waals surface area contributed by atoms with E-state index in [0.29, 0.717) is 23.7 Å². The molecule has 0 aliphatic carbocycles. The van der Waals surface area contributed by atoms with Crippen LogP contribution in [0.5, 0.6) is 5.75 Å². The molecule has 0 unspecified atom stereocenters. The summed E-state index contributed by atoms with van der Waals surface area (Å²) in [7, 11) is 0. The highest BCUT2D eigenvalue weighted by atomic mass is 19.1. The highest BCUT2D eigenvalue weighted by molar-refractivity contribution is 5.54. The molecule has 0 spiro atoms. The van der Waals surface area contributed by atoms with Gasteiger partial charge < -0.3 is 9.14 Å². The third kappa shape index (κ3) is 2.84. The maximum Gasteiger partial charge on any atom is 0.179 e. The van der Waals surface area contributed by atoms with E-state index >= 15 is 0 Å². The standard InChI is InChI=1S/C16H12FN3O/c17-13-5-3-12(4-6-13)11-21-15-2-1-9-20-10-14(7-8-18)19-16(15)20/h1-6,9-10H,7,11H2. The fourth-order valence-corrected chi connectivity index (χ4v) is 2.06. The summed E-state index contributed by atoms with van der Waals surface area (Å²) in [5.41, 5.74) is 2.25. The predicted molar refractivity (Wildman–Crippen MR) is 75.2 cm³/mol. The first kappa shape index (κ1) is 13.1. The van der Waals surface area contributed by atoms with Crippen LogP contribution >= 0.6 is 0 Å². The number of halogens is 1. The highest BCUT2D eigenvalue weighted by Crippen LogP contribution is 2.20. The molecule has 0 amide bonds. The first-order valence-corrected chi connectivity index (χ1v) is 6.47. The van der Waals surface area contributed by atoms with Crippen LogP contribution in [-0.4, -0.2) is 9.38 Å². The van der Waals surface area contributed by atoms with E-state index in [2.05, 4.69) is 11.1 Å². The smallest absolute Gasteiger partial charge is 0.179 e. The van der Waals surface area contributed by atoms with E-state index < -0.39 is 0 Å². The van der Waals surface area contributed by atoms with E-state index in [9.17, 15) is 4.39 Å². The van der Waals surface area contributed by atoms with E-state index in [1.54, 1.807) is 12.1 Å². The number of ether oxygens (including phenoxy) is 1. The number of hydrogen-bond acceptors (Lipinski definition) is 3. The lowest BCUT2D eigenvalue weighted by atomic mass is 10.2. The molecule has 3 aromatic rings. The van der Waals surface area contributed by atoms with Gasteiger partial charge in [-0.05, 0) is 29.8 Å². The molecule has 3 rings (SSSR count). The molecule has 0 N–H and O–H groups in total. The fraction of sp³-hybridized carbons (Fsp3) is 0.125. The van der Waals surface area contributed by atoms with E-state index in [4.69, 9.17) is 10.00 Å². The van der Waals surface area contributed by atoms with Crippen molar-refractivity contribution < 1.29 is 9.13 Å². The van der Waals surface area contributed by atoms with Crippen LogP contribution in [0, 0.1) is 17.1 Å². The summed E-state index contributed by atoms with van der Waals surface area (Å²) in [5.74, 6) is 0.362. The van der Waals surface area contributed by atoms with Crippen molar-refractivity contribution in [3.8, 4) is 11.8 Å². The average molecular weight is 281 g/mol. The monoisotopic (exact) mass is 281 g/mol. The summed E-state index contributed by atoms with van der Waals surface area (Å²) in [6.45, 7) is 0.334. The second kappa shape index (κ2) is 5.63. The SMILES string of the molecule is N#CCc1cn2cccc(OCc3ccc(F)cc3)c2n1. The number of aromatic nitrogens is 2. The van der Waals surface area contributed by atoms with Gasteiger partial charge in [-0.15, -0.1) is 0 Å². The first-order valence-electron chi connectivity index (χ1n) is 6.47. The number of nitrogens with zero attached hydrogens (tertiary/aromatic N) is 3. The van der Waals surface area contributed by atoms with Crippen LogP contribution in [-0.2, 0) is 13.0 Å². The van der Waals surface area contributed by atoms with Gasteiger partial charge in [0.2, 0.25) is 0 Å². The predicted octanol–water partition coefficient (Wildman–Crippen LogP) is 3.12. The molecule has 0 saturated heterocycles. The molecule has 0 aliphatic rings. The minimum atomic E-state index is -0.268. The van der Waals surface area contributed by atoms with E-state index in [1.807, 2.05) is 28.9 Å². The number of benzene rings is 1. The largest absolute Gasteiger partial charge is 0.485 e. The lowest BCUT2D eigenvalue weighted by Gasteiger charge is -2.07. The Labute approximate surface area is 121 Å². The molecule has 1 aromatic carbocycles. The Morgan fingerprint density at radius 1 is 1.24 bits per heavy atom. The van der Waals surface area contributed by atoms with E-state index in [1.165, 1.54) is 12.1 Å². The van der Waals surface area contributed by atoms with Crippen LogP contribution in [0.25, 0.3) is 5.65 Å². The van der Waals surface area contributed by atoms with Crippen molar-refractivity contribution in [2.45, 2.75) is 13.0 Å². The molecule has 5 heteroatoms. The molecular formula is C16H12FN3O. The summed E-state index contributed by atoms with van der Waals surface area (Å²) in [6, 6.07) is 11.9. The molecule has 2 aromatic heterocycles. The zero-order valence-corrected chi connectivity index (χ0v) is 11.2. The van der Waals surface area contributed by atoms with Crippen molar-refractivity contribution in [1.82, 2.24) is 9.38 Å². The molecule has 104 valence electrons. The van der Waals surface area contributed by atoms with Crippen LogP contribution in [0.1, 0.15) is 11.3 Å². The van der Waals surface area contributed by atoms with Gasteiger partial charge in [-0.2, -0.15) is 5.26 Å². The second-order valence-corrected chi connectivity index (χ2v) is 4.59. The van der Waals surface area contributed by atoms with Gasteiger partial charge in [0.1, 0.15) is 12.4 Å². The Bertz CT molecular complexity index is 802. The topological polar surface area (TPSA) is 50.3 Å². The Hall–Kier alpha value is -2.87. The van der Waals surface area contributed by atoms with Gasteiger partial charge in [0.15, 0.2) is 11.4 Å². The summed E-state index contributed by atoms with van der Waals surface area (Å²) in [6.07, 6.45) is 3.93. The van der Waals surface area contributed by atoms with Crippen LogP contribution in [0.2, 0.25) is 0 Å². The first-order chi connectivity index (χ1) is 10.3. The van der Waals surface area contributed by atoms with Crippen LogP contribution in [0.4, 0.5) is 4.39 Å². The van der Waals surface area contributed by atoms with Gasteiger partial charge in [-0.3, -0.25) is 0 Å². The zero-order chi connectivity index (χ0) is 14.7. The number of fused-ring (bicyclic) bond motifs is 1. The maximum absolute atomic E-state index is 12.9. The molecule has 21 heavy (non-hydrogen) atoms. The molecule has 0 radical (unpaired) electrons. The van der Waals surface area contributed by atoms with Crippen LogP contribution in [0.3, 0.4) is 0 Å². The summed E-state index contributed by atoms with van der Waals surface area (Å²) >= 11 is 0. The average Bonchev–Trinajstić information content (AvgIpc) is 2.90. The highest BCUT2D eigenvalue weighted by Gasteiger charge is 2.07. The third-order valence-electron chi connectivity index (χ3n) is 3.06. The Balaban J connectivity index is 1.83. The third-order valence-corrected chi connectivity index (χ3v) is 3.06. The van der Waals surface area contributed by atoms with E-state index in [0.717, 1.165) is 5.56 Å². The summed E-state index contributed by atoms with van der Waals surface area (Å²) in [4.78, 5) is 4.38. The minimum absolute atomic E-state index is 0.263. The van der Waals surface area contributed by atoms with Crippen molar-refractivity contribution in [1.29, 1.82) is 5.26 Å². The van der Waals surface area contributed by atoms with E-state index in [-0.39, 0.29) is 12.2 Å². The molecule has 2 heterocycles. The number of hydrogen-bond donors (Lipinski definition) is 0. The number of nitriles is 1. The normalized spacial score (nSPS) is 10.5. The van der Waals surface area contributed by atoms with Gasteiger partial charge in [-0.25, -0.2) is 9.37 Å². The Kier molecular flexibility index (Phi) is 3.52. The van der Waals surface area contributed by atoms with Crippen LogP contribution in [0.15, 0.2) is 48.8 Å². The van der Waals surface area contributed by atoms with Crippen LogP contribution < -0.4 is 4.74 Å². The van der Waals surface area contributed by atoms with Gasteiger partial charge in [0.05, 0.1) is 18.2 Å². The van der Waals surface area contributed by atoms with Gasteiger partial charge in [0.25, 0.3) is 0 Å². The summed E-state index contributed by atoms with van der Waals surface area (Å²) in [5, 5.41) is 8.73. The summed E-state index contributed by atoms with van der Waals surface area (Å²) < 4.78 is 20.4. The maximum atomic E-state index is 12.9. The van der Waals surface area contributed by atoms with Gasteiger partial charge >= 0.3 is 0 Å². The molecule has 0 bridgehead atoms. The molecular weight excluding hydrogens is 269 g/mol.